The van der Waals surface area contributed by atoms with Crippen molar-refractivity contribution in [3.05, 3.63) is 168 Å². The third kappa shape index (κ3) is 15.6. The van der Waals surface area contributed by atoms with Crippen LogP contribution in [0.1, 0.15) is 79.8 Å². The molecule has 2 aromatic heterocycles. The van der Waals surface area contributed by atoms with E-state index in [1.54, 1.807) is 54.7 Å². The number of ether oxygens (including phenoxy) is 4. The number of aliphatic hydroxyl groups is 2. The molecule has 18 heteroatoms. The number of amides is 1. The molecule has 2 fully saturated rings. The highest BCUT2D eigenvalue weighted by Gasteiger charge is 2.24. The van der Waals surface area contributed by atoms with E-state index in [4.69, 9.17) is 81.0 Å². The highest BCUT2D eigenvalue weighted by Crippen LogP contribution is 2.39. The Morgan fingerprint density at radius 3 is 1.78 bits per heavy atom. The Labute approximate surface area is 438 Å². The second-order valence-corrected chi connectivity index (χ2v) is 18.5. The fraction of sp³-hybridized carbons (Fsp3) is 0.296. The van der Waals surface area contributed by atoms with Crippen LogP contribution in [0, 0.1) is 22.7 Å². The maximum Gasteiger partial charge on any atom is 0.253 e. The molecule has 72 heavy (non-hydrogen) atoms. The average Bonchev–Trinajstić information content (AvgIpc) is 3.38. The molecule has 2 aliphatic rings. The summed E-state index contributed by atoms with van der Waals surface area (Å²) in [6.45, 7) is 3.59. The number of piperidine rings is 2. The quantitative estimate of drug-likeness (QED) is 0.0981. The summed E-state index contributed by atoms with van der Waals surface area (Å²) in [5.74, 6) is 0.718. The summed E-state index contributed by atoms with van der Waals surface area (Å²) in [5, 5.41) is 38.0. The molecule has 0 saturated carbocycles. The molecule has 2 saturated heterocycles. The van der Waals surface area contributed by atoms with Gasteiger partial charge in [0.25, 0.3) is 5.91 Å². The van der Waals surface area contributed by atoms with Gasteiger partial charge in [-0.1, -0.05) is 82.8 Å². The molecule has 0 spiro atoms. The number of rotatable bonds is 14. The summed E-state index contributed by atoms with van der Waals surface area (Å²) in [4.78, 5) is 36.4. The summed E-state index contributed by atoms with van der Waals surface area (Å²) in [7, 11) is 3.65. The van der Waals surface area contributed by atoms with Gasteiger partial charge in [-0.15, -0.1) is 0 Å². The minimum Gasteiger partial charge on any atom is -0.488 e. The molecule has 14 nitrogen and oxygen atoms in total. The number of halogens is 4. The van der Waals surface area contributed by atoms with E-state index < -0.39 is 6.10 Å². The Morgan fingerprint density at radius 1 is 0.694 bits per heavy atom. The van der Waals surface area contributed by atoms with Gasteiger partial charge in [0, 0.05) is 91.0 Å². The Morgan fingerprint density at radius 2 is 1.25 bits per heavy atom. The van der Waals surface area contributed by atoms with E-state index in [2.05, 4.69) is 14.9 Å². The predicted octanol–water partition coefficient (Wildman–Crippen LogP) is 10.6. The number of likely N-dealkylation sites (N-methyl/N-ethyl adjacent to an activating group) is 1. The largest absolute Gasteiger partial charge is 0.488 e. The van der Waals surface area contributed by atoms with Gasteiger partial charge < -0.3 is 39.0 Å². The number of carbonyl (C=O) groups is 2. The van der Waals surface area contributed by atoms with E-state index in [1.165, 1.54) is 24.5 Å². The van der Waals surface area contributed by atoms with E-state index in [0.717, 1.165) is 37.9 Å². The van der Waals surface area contributed by atoms with Gasteiger partial charge in [-0.2, -0.15) is 10.5 Å². The molecule has 4 heterocycles. The zero-order valence-corrected chi connectivity index (χ0v) is 42.6. The molecule has 2 atom stereocenters. The number of hydrogen-bond donors (Lipinski definition) is 2. The fourth-order valence-electron chi connectivity index (χ4n) is 7.78. The number of nitrogens with zero attached hydrogens (tertiary/aromatic N) is 6. The van der Waals surface area contributed by atoms with Crippen molar-refractivity contribution in [2.45, 2.75) is 64.3 Å². The number of nitriles is 2. The van der Waals surface area contributed by atoms with E-state index in [-0.39, 0.29) is 58.9 Å². The topological polar surface area (TPSA) is 191 Å². The zero-order chi connectivity index (χ0) is 51.6. The lowest BCUT2D eigenvalue weighted by Crippen LogP contribution is -2.42. The van der Waals surface area contributed by atoms with Gasteiger partial charge in [-0.05, 0) is 81.2 Å². The summed E-state index contributed by atoms with van der Waals surface area (Å²) in [5.41, 5.74) is 5.86. The van der Waals surface area contributed by atoms with Crippen molar-refractivity contribution in [3.8, 4) is 40.5 Å². The summed E-state index contributed by atoms with van der Waals surface area (Å²) in [6, 6.07) is 26.3. The van der Waals surface area contributed by atoms with Crippen LogP contribution < -0.4 is 14.2 Å². The molecule has 374 valence electrons. The molecular formula is C54H52Cl4N6O8. The smallest absolute Gasteiger partial charge is 0.253 e. The van der Waals surface area contributed by atoms with Crippen LogP contribution in [0.25, 0.3) is 11.1 Å². The van der Waals surface area contributed by atoms with Crippen LogP contribution in [-0.4, -0.2) is 94.7 Å². The van der Waals surface area contributed by atoms with Crippen LogP contribution in [0.3, 0.4) is 0 Å². The van der Waals surface area contributed by atoms with Crippen molar-refractivity contribution in [2.24, 2.45) is 0 Å². The molecule has 6 aromatic rings. The van der Waals surface area contributed by atoms with Crippen molar-refractivity contribution >= 4 is 58.6 Å². The van der Waals surface area contributed by atoms with E-state index in [0.29, 0.717) is 92.7 Å². The predicted molar refractivity (Wildman–Crippen MR) is 276 cm³/mol. The second kappa shape index (κ2) is 27.5. The van der Waals surface area contributed by atoms with Crippen LogP contribution in [0.5, 0.6) is 17.2 Å². The lowest BCUT2D eigenvalue weighted by molar-refractivity contribution is 0.0473. The van der Waals surface area contributed by atoms with Gasteiger partial charge in [0.15, 0.2) is 6.29 Å². The van der Waals surface area contributed by atoms with Crippen LogP contribution in [0.2, 0.25) is 20.1 Å². The first-order valence-corrected chi connectivity index (χ1v) is 24.3. The lowest BCUT2D eigenvalue weighted by Gasteiger charge is -2.30. The van der Waals surface area contributed by atoms with Crippen LogP contribution in [0.4, 0.5) is 0 Å². The average molecular weight is 1050 g/mol. The first kappa shape index (κ1) is 55.0. The highest BCUT2D eigenvalue weighted by atomic mass is 35.5. The highest BCUT2D eigenvalue weighted by molar-refractivity contribution is 6.37. The van der Waals surface area contributed by atoms with Gasteiger partial charge in [-0.25, -0.2) is 0 Å². The standard InChI is InChI=1S/C40H31Cl4N3O6.C8H8N2O.C6H13NO/c41-33-13-26(40(50)47-11-3-6-30(49)19-47)9-10-35(33)52-22-27-4-1-7-31(38(27)43)32-8-2-5-28(39(32)44)23-53-37-15-36(29(20-48)14-34(37)42)51-21-25-12-24(16-45)17-46-18-25;1-11-6-8-2-7(3-9)4-10-5-8;1-7-4-2-3-6(8)5-7/h1-2,4-5,7-10,12-15,17-18,20,30,49H,3,6,11,19,21-23H2;2,4-5H,6H2,1H3;6,8H,2-5H2,1H3. The van der Waals surface area contributed by atoms with Crippen LogP contribution >= 0.6 is 46.4 Å². The van der Waals surface area contributed by atoms with Gasteiger partial charge >= 0.3 is 0 Å². The molecule has 2 aliphatic heterocycles. The number of β-amino-alcohol motifs (C(OH)–C–C–N with tert-alkyl or cyclic N) is 2. The molecule has 0 aliphatic carbocycles. The first-order valence-electron chi connectivity index (χ1n) is 22.8. The minimum absolute atomic E-state index is 0.0379. The maximum atomic E-state index is 13.0. The third-order valence-corrected chi connectivity index (χ3v) is 12.9. The van der Waals surface area contributed by atoms with Gasteiger partial charge in [0.05, 0.1) is 55.6 Å². The summed E-state index contributed by atoms with van der Waals surface area (Å²) >= 11 is 26.8. The number of hydrogen-bond acceptors (Lipinski definition) is 13. The Balaban J connectivity index is 0.000000369. The summed E-state index contributed by atoms with van der Waals surface area (Å²) in [6.07, 6.45) is 9.85. The first-order chi connectivity index (χ1) is 34.8. The van der Waals surface area contributed by atoms with Gasteiger partial charge in [0.1, 0.15) is 49.2 Å². The molecule has 2 N–H and O–H groups in total. The maximum absolute atomic E-state index is 13.0. The normalized spacial score (nSPS) is 15.3. The number of methoxy groups -OCH3 is 1. The SMILES string of the molecule is CN1CCCC(O)C1.COCc1cncc(C#N)c1.N#Cc1cncc(COc2cc(OCc3cccc(-c4cccc(COc5ccc(C(=O)N6CCCC(O)C6)cc5Cl)c4Cl)c3Cl)c(Cl)cc2C=O)c1. The summed E-state index contributed by atoms with van der Waals surface area (Å²) < 4.78 is 22.9. The van der Waals surface area contributed by atoms with Crippen molar-refractivity contribution in [3.63, 3.8) is 0 Å². The molecule has 4 aromatic carbocycles. The number of carbonyl (C=O) groups excluding carboxylic acids is 2. The van der Waals surface area contributed by atoms with E-state index in [1.807, 2.05) is 55.6 Å². The van der Waals surface area contributed by atoms with Crippen molar-refractivity contribution in [2.75, 3.05) is 40.3 Å². The second-order valence-electron chi connectivity index (χ2n) is 16.9. The van der Waals surface area contributed by atoms with Crippen LogP contribution in [0.15, 0.2) is 104 Å². The molecule has 0 radical (unpaired) electrons. The fourth-order valence-corrected chi connectivity index (χ4v) is 8.81. The number of aliphatic hydroxyl groups excluding tert-OH is 2. The van der Waals surface area contributed by atoms with Gasteiger partial charge in [0.2, 0.25) is 0 Å². The van der Waals surface area contributed by atoms with Crippen molar-refractivity contribution < 1.29 is 38.7 Å². The van der Waals surface area contributed by atoms with Gasteiger partial charge in [-0.3, -0.25) is 19.6 Å². The monoisotopic (exact) mass is 1050 g/mol. The zero-order valence-electron chi connectivity index (χ0n) is 39.6. The number of aromatic nitrogens is 2. The van der Waals surface area contributed by atoms with E-state index >= 15 is 0 Å². The number of aldehydes is 1. The Hall–Kier alpha value is -6.30. The minimum atomic E-state index is -0.524. The molecule has 8 rings (SSSR count). The van der Waals surface area contributed by atoms with Crippen LogP contribution in [-0.2, 0) is 31.2 Å². The Bertz CT molecular complexity index is 2910. The number of benzene rings is 4. The number of pyridine rings is 2. The van der Waals surface area contributed by atoms with Crippen molar-refractivity contribution in [1.29, 1.82) is 10.5 Å². The van der Waals surface area contributed by atoms with Crippen molar-refractivity contribution in [1.82, 2.24) is 19.8 Å². The molecule has 0 bridgehead atoms. The lowest BCUT2D eigenvalue weighted by atomic mass is 10.0. The third-order valence-electron chi connectivity index (χ3n) is 11.4. The molecular weight excluding hydrogens is 1000 g/mol. The van der Waals surface area contributed by atoms with E-state index in [9.17, 15) is 14.7 Å². The Kier molecular flexibility index (Phi) is 21.0. The molecule has 2 unspecified atom stereocenters. The number of likely N-dealkylation sites (tertiary alicyclic amines) is 2. The molecule has 1 amide bonds.